The maximum atomic E-state index is 12.1. The first-order valence-corrected chi connectivity index (χ1v) is 6.57. The minimum Gasteiger partial charge on any atom is -0.298 e. The van der Waals surface area contributed by atoms with Gasteiger partial charge in [0.15, 0.2) is 5.78 Å². The summed E-state index contributed by atoms with van der Waals surface area (Å²) in [6.07, 6.45) is 0.946. The lowest BCUT2D eigenvalue weighted by Crippen LogP contribution is -2.13. The lowest BCUT2D eigenvalue weighted by atomic mass is 9.91. The molecule has 1 saturated carbocycles. The van der Waals surface area contributed by atoms with E-state index in [9.17, 15) is 10.1 Å². The summed E-state index contributed by atoms with van der Waals surface area (Å²) < 4.78 is 0. The van der Waals surface area contributed by atoms with Gasteiger partial charge in [-0.2, -0.15) is 5.26 Å². The van der Waals surface area contributed by atoms with Crippen LogP contribution < -0.4 is 0 Å². The van der Waals surface area contributed by atoms with Crippen molar-refractivity contribution in [3.63, 3.8) is 0 Å². The Balaban J connectivity index is 2.18. The van der Waals surface area contributed by atoms with Crippen molar-refractivity contribution >= 4 is 5.78 Å². The Morgan fingerprint density at radius 2 is 1.78 bits per heavy atom. The Hall–Kier alpha value is -1.62. The van der Waals surface area contributed by atoms with E-state index < -0.39 is 5.92 Å². The summed E-state index contributed by atoms with van der Waals surface area (Å²) in [5.41, 5.74) is 2.08. The number of nitrogens with zero attached hydrogens (tertiary/aromatic N) is 1. The van der Waals surface area contributed by atoms with Gasteiger partial charge in [0.25, 0.3) is 0 Å². The van der Waals surface area contributed by atoms with Crippen LogP contribution in [0.15, 0.2) is 24.3 Å². The molecule has 2 nitrogen and oxygen atoms in total. The summed E-state index contributed by atoms with van der Waals surface area (Å²) >= 11 is 0. The molecule has 3 unspecified atom stereocenters. The van der Waals surface area contributed by atoms with Crippen molar-refractivity contribution in [3.8, 4) is 6.07 Å². The number of benzene rings is 1. The molecule has 1 fully saturated rings. The minimum absolute atomic E-state index is 0.0993. The highest BCUT2D eigenvalue weighted by atomic mass is 16.1. The molecule has 0 amide bonds. The molecule has 18 heavy (non-hydrogen) atoms. The molecule has 0 saturated heterocycles. The molecule has 0 radical (unpaired) electrons. The van der Waals surface area contributed by atoms with Gasteiger partial charge in [-0.15, -0.1) is 0 Å². The number of carbonyl (C=O) groups is 1. The molecular formula is C16H19NO. The van der Waals surface area contributed by atoms with Gasteiger partial charge in [0.2, 0.25) is 0 Å². The first-order chi connectivity index (χ1) is 8.54. The first kappa shape index (κ1) is 12.8. The molecule has 1 aliphatic rings. The summed E-state index contributed by atoms with van der Waals surface area (Å²) in [5.74, 6) is 0.560. The number of Topliss-reactive ketones (excluding diaryl/α,β-unsaturated/α-hetero) is 1. The number of hydrogen-bond acceptors (Lipinski definition) is 2. The van der Waals surface area contributed by atoms with Crippen molar-refractivity contribution in [2.45, 2.75) is 39.0 Å². The molecule has 2 heteroatoms. The summed E-state index contributed by atoms with van der Waals surface area (Å²) in [6, 6.07) is 10.1. The quantitative estimate of drug-likeness (QED) is 0.807. The molecule has 94 valence electrons. The van der Waals surface area contributed by atoms with Gasteiger partial charge in [-0.3, -0.25) is 4.79 Å². The first-order valence-electron chi connectivity index (χ1n) is 6.57. The Morgan fingerprint density at radius 3 is 2.17 bits per heavy atom. The van der Waals surface area contributed by atoms with E-state index in [2.05, 4.69) is 26.8 Å². The van der Waals surface area contributed by atoms with Crippen molar-refractivity contribution in [2.24, 2.45) is 11.8 Å². The highest BCUT2D eigenvalue weighted by molar-refractivity contribution is 5.92. The van der Waals surface area contributed by atoms with E-state index >= 15 is 0 Å². The van der Waals surface area contributed by atoms with Crippen molar-refractivity contribution < 1.29 is 4.79 Å². The third-order valence-corrected chi connectivity index (χ3v) is 3.83. The maximum absolute atomic E-state index is 12.1. The molecule has 1 aromatic rings. The van der Waals surface area contributed by atoms with Crippen LogP contribution >= 0.6 is 0 Å². The molecule has 1 aromatic carbocycles. The number of ketones is 1. The van der Waals surface area contributed by atoms with Gasteiger partial charge in [-0.05, 0) is 29.4 Å². The van der Waals surface area contributed by atoms with Gasteiger partial charge in [-0.25, -0.2) is 0 Å². The second-order valence-electron chi connectivity index (χ2n) is 5.61. The molecule has 0 aromatic heterocycles. The molecule has 0 spiro atoms. The van der Waals surface area contributed by atoms with Crippen molar-refractivity contribution in [1.82, 2.24) is 0 Å². The van der Waals surface area contributed by atoms with Crippen LogP contribution in [0.25, 0.3) is 0 Å². The average Bonchev–Trinajstić information content (AvgIpc) is 3.08. The van der Waals surface area contributed by atoms with Crippen LogP contribution in [0.3, 0.4) is 0 Å². The number of nitriles is 1. The predicted molar refractivity (Wildman–Crippen MR) is 71.2 cm³/mol. The molecule has 0 aliphatic heterocycles. The number of rotatable bonds is 4. The Morgan fingerprint density at radius 1 is 1.28 bits per heavy atom. The Labute approximate surface area is 109 Å². The highest BCUT2D eigenvalue weighted by Crippen LogP contribution is 2.41. The van der Waals surface area contributed by atoms with Gasteiger partial charge in [0.1, 0.15) is 5.92 Å². The van der Waals surface area contributed by atoms with Crippen LogP contribution in [0, 0.1) is 23.2 Å². The molecule has 0 N–H and O–H groups in total. The van der Waals surface area contributed by atoms with Gasteiger partial charge >= 0.3 is 0 Å². The fraction of sp³-hybridized carbons (Fsp3) is 0.500. The zero-order valence-corrected chi connectivity index (χ0v) is 11.2. The minimum atomic E-state index is -0.582. The average molecular weight is 241 g/mol. The van der Waals surface area contributed by atoms with Crippen molar-refractivity contribution in [1.29, 1.82) is 5.26 Å². The fourth-order valence-electron chi connectivity index (χ4n) is 2.31. The molecule has 0 heterocycles. The zero-order valence-electron chi connectivity index (χ0n) is 11.2. The van der Waals surface area contributed by atoms with Gasteiger partial charge in [0, 0.05) is 5.92 Å². The lowest BCUT2D eigenvalue weighted by molar-refractivity contribution is -0.120. The van der Waals surface area contributed by atoms with Gasteiger partial charge < -0.3 is 0 Å². The third-order valence-electron chi connectivity index (χ3n) is 3.83. The van der Waals surface area contributed by atoms with Crippen molar-refractivity contribution in [3.05, 3.63) is 35.4 Å². The maximum Gasteiger partial charge on any atom is 0.157 e. The van der Waals surface area contributed by atoms with E-state index in [4.69, 9.17) is 0 Å². The van der Waals surface area contributed by atoms with Crippen LogP contribution in [0.5, 0.6) is 0 Å². The molecule has 3 atom stereocenters. The van der Waals surface area contributed by atoms with Crippen LogP contribution in [0.4, 0.5) is 0 Å². The SMILES string of the molecule is CC(C)c1ccc(C(C#N)C(=O)C2CC2C)cc1. The Bertz CT molecular complexity index is 481. The van der Waals surface area contributed by atoms with Crippen LogP contribution in [0.1, 0.15) is 50.2 Å². The molecule has 0 bridgehead atoms. The largest absolute Gasteiger partial charge is 0.298 e. The van der Waals surface area contributed by atoms with E-state index in [1.807, 2.05) is 24.3 Å². The predicted octanol–water partition coefficient (Wildman–Crippen LogP) is 3.64. The zero-order chi connectivity index (χ0) is 13.3. The number of hydrogen-bond donors (Lipinski definition) is 0. The van der Waals surface area contributed by atoms with Crippen molar-refractivity contribution in [2.75, 3.05) is 0 Å². The smallest absolute Gasteiger partial charge is 0.157 e. The Kier molecular flexibility index (Phi) is 3.52. The van der Waals surface area contributed by atoms with Crippen LogP contribution in [0.2, 0.25) is 0 Å². The summed E-state index contributed by atoms with van der Waals surface area (Å²) in [5, 5.41) is 9.22. The van der Waals surface area contributed by atoms with E-state index in [0.29, 0.717) is 11.8 Å². The van der Waals surface area contributed by atoms with Gasteiger partial charge in [-0.1, -0.05) is 45.0 Å². The van der Waals surface area contributed by atoms with E-state index in [0.717, 1.165) is 12.0 Å². The lowest BCUT2D eigenvalue weighted by Gasteiger charge is -2.10. The van der Waals surface area contributed by atoms with Crippen LogP contribution in [-0.2, 0) is 4.79 Å². The normalized spacial score (nSPS) is 23.5. The topological polar surface area (TPSA) is 40.9 Å². The van der Waals surface area contributed by atoms with E-state index in [-0.39, 0.29) is 11.7 Å². The summed E-state index contributed by atoms with van der Waals surface area (Å²) in [4.78, 5) is 12.1. The monoisotopic (exact) mass is 241 g/mol. The summed E-state index contributed by atoms with van der Waals surface area (Å²) in [7, 11) is 0. The fourth-order valence-corrected chi connectivity index (χ4v) is 2.31. The third kappa shape index (κ3) is 2.46. The van der Waals surface area contributed by atoms with Crippen LogP contribution in [-0.4, -0.2) is 5.78 Å². The van der Waals surface area contributed by atoms with E-state index in [1.54, 1.807) is 0 Å². The second kappa shape index (κ2) is 4.94. The molecule has 1 aliphatic carbocycles. The van der Waals surface area contributed by atoms with Gasteiger partial charge in [0.05, 0.1) is 6.07 Å². The second-order valence-corrected chi connectivity index (χ2v) is 5.61. The standard InChI is InChI=1S/C16H19NO/c1-10(2)12-4-6-13(7-5-12)15(9-17)16(18)14-8-11(14)3/h4-7,10-11,14-15H,8H2,1-3H3. The number of carbonyl (C=O) groups excluding carboxylic acids is 1. The van der Waals surface area contributed by atoms with E-state index in [1.165, 1.54) is 5.56 Å². The molecular weight excluding hydrogens is 222 g/mol. The highest BCUT2D eigenvalue weighted by Gasteiger charge is 2.42. The molecule has 2 rings (SSSR count). The summed E-state index contributed by atoms with van der Waals surface area (Å²) in [6.45, 7) is 6.33.